The number of nitrogens with zero attached hydrogens (tertiary/aromatic N) is 1. The Morgan fingerprint density at radius 2 is 2.39 bits per heavy atom. The highest BCUT2D eigenvalue weighted by Crippen LogP contribution is 2.15. The van der Waals surface area contributed by atoms with Crippen molar-refractivity contribution in [2.45, 2.75) is 6.54 Å². The molecule has 2 rings (SSSR count). The van der Waals surface area contributed by atoms with Crippen LogP contribution in [0.4, 0.5) is 0 Å². The fraction of sp³-hybridized carbons (Fsp3) is 0.167. The third-order valence-electron chi connectivity index (χ3n) is 2.05. The quantitative estimate of drug-likeness (QED) is 0.809. The fourth-order valence-electron chi connectivity index (χ4n) is 1.25. The number of aromatic nitrogens is 1. The first-order chi connectivity index (χ1) is 8.79. The van der Waals surface area contributed by atoms with Crippen molar-refractivity contribution >= 4 is 17.2 Å². The smallest absolute Gasteiger partial charge is 0.273 e. The normalized spacial score (nSPS) is 9.61. The van der Waals surface area contributed by atoms with Gasteiger partial charge < -0.3 is 14.9 Å². The second-order valence-corrected chi connectivity index (χ2v) is 4.46. The van der Waals surface area contributed by atoms with Crippen LogP contribution < -0.4 is 5.32 Å². The third-order valence-corrected chi connectivity index (χ3v) is 3.05. The van der Waals surface area contributed by atoms with Gasteiger partial charge in [-0.2, -0.15) is 0 Å². The zero-order chi connectivity index (χ0) is 12.8. The molecule has 0 atom stereocenters. The van der Waals surface area contributed by atoms with Gasteiger partial charge in [-0.15, -0.1) is 11.3 Å². The Balaban J connectivity index is 1.90. The molecule has 5 nitrogen and oxygen atoms in total. The van der Waals surface area contributed by atoms with Crippen molar-refractivity contribution in [3.8, 4) is 11.8 Å². The number of hydrogen-bond donors (Lipinski definition) is 2. The highest BCUT2D eigenvalue weighted by atomic mass is 32.1. The van der Waals surface area contributed by atoms with Crippen LogP contribution in [0.25, 0.3) is 0 Å². The summed E-state index contributed by atoms with van der Waals surface area (Å²) in [6.07, 6.45) is 1.35. The molecule has 0 spiro atoms. The molecule has 92 valence electrons. The summed E-state index contributed by atoms with van der Waals surface area (Å²) in [4.78, 5) is 13.4. The summed E-state index contributed by atoms with van der Waals surface area (Å²) >= 11 is 1.47. The van der Waals surface area contributed by atoms with Gasteiger partial charge in [0.1, 0.15) is 12.9 Å². The number of hydrogen-bond acceptors (Lipinski definition) is 5. The summed E-state index contributed by atoms with van der Waals surface area (Å²) in [5, 5.41) is 14.8. The molecule has 2 aromatic rings. The van der Waals surface area contributed by atoms with Crippen molar-refractivity contribution in [3.63, 3.8) is 0 Å². The second-order valence-electron chi connectivity index (χ2n) is 3.29. The Hall–Kier alpha value is -2.10. The minimum Gasteiger partial charge on any atom is -0.384 e. The Kier molecular flexibility index (Phi) is 4.12. The summed E-state index contributed by atoms with van der Waals surface area (Å²) in [7, 11) is 0. The van der Waals surface area contributed by atoms with Gasteiger partial charge in [0.2, 0.25) is 0 Å². The summed E-state index contributed by atoms with van der Waals surface area (Å²) in [5.41, 5.74) is 0.256. The molecular formula is C12H10N2O3S. The summed E-state index contributed by atoms with van der Waals surface area (Å²) in [6.45, 7) is 0.257. The van der Waals surface area contributed by atoms with E-state index in [-0.39, 0.29) is 18.2 Å². The molecule has 2 aromatic heterocycles. The molecule has 0 unspecified atom stereocenters. The number of aliphatic hydroxyl groups excluding tert-OH is 1. The monoisotopic (exact) mass is 262 g/mol. The van der Waals surface area contributed by atoms with E-state index in [2.05, 4.69) is 26.8 Å². The lowest BCUT2D eigenvalue weighted by Crippen LogP contribution is -2.22. The molecule has 0 aromatic carbocycles. The van der Waals surface area contributed by atoms with Crippen molar-refractivity contribution in [2.75, 3.05) is 6.61 Å². The Morgan fingerprint density at radius 1 is 1.50 bits per heavy atom. The fourth-order valence-corrected chi connectivity index (χ4v) is 2.08. The van der Waals surface area contributed by atoms with Gasteiger partial charge in [-0.25, -0.2) is 0 Å². The van der Waals surface area contributed by atoms with Crippen LogP contribution in [0.2, 0.25) is 0 Å². The lowest BCUT2D eigenvalue weighted by molar-refractivity contribution is 0.0942. The first-order valence-corrected chi connectivity index (χ1v) is 5.98. The summed E-state index contributed by atoms with van der Waals surface area (Å²) in [5.74, 6) is 5.10. The molecule has 0 saturated carbocycles. The van der Waals surface area contributed by atoms with Crippen LogP contribution in [-0.2, 0) is 6.54 Å². The zero-order valence-corrected chi connectivity index (χ0v) is 10.2. The van der Waals surface area contributed by atoms with Gasteiger partial charge in [0.15, 0.2) is 5.69 Å². The molecule has 2 N–H and O–H groups in total. The SMILES string of the molecule is O=C(NCc1ccc(C#CCO)s1)c1ccon1. The van der Waals surface area contributed by atoms with E-state index < -0.39 is 0 Å². The molecule has 0 aliphatic heterocycles. The van der Waals surface area contributed by atoms with Crippen LogP contribution in [0.3, 0.4) is 0 Å². The standard InChI is InChI=1S/C12H10N2O3S/c15-6-1-2-9-3-4-10(18-9)8-13-12(16)11-5-7-17-14-11/h3-5,7,15H,6,8H2,(H,13,16). The number of carbonyl (C=O) groups is 1. The van der Waals surface area contributed by atoms with Crippen molar-refractivity contribution < 1.29 is 14.4 Å². The lowest BCUT2D eigenvalue weighted by atomic mass is 10.4. The van der Waals surface area contributed by atoms with E-state index in [0.717, 1.165) is 9.75 Å². The van der Waals surface area contributed by atoms with Gasteiger partial charge in [0.05, 0.1) is 11.4 Å². The first-order valence-electron chi connectivity index (χ1n) is 5.16. The molecule has 2 heterocycles. The number of amides is 1. The van der Waals surface area contributed by atoms with Crippen LogP contribution >= 0.6 is 11.3 Å². The number of thiophene rings is 1. The molecule has 0 saturated heterocycles. The highest BCUT2D eigenvalue weighted by Gasteiger charge is 2.08. The Bertz CT molecular complexity index is 578. The molecule has 1 amide bonds. The van der Waals surface area contributed by atoms with Crippen molar-refractivity contribution in [1.82, 2.24) is 10.5 Å². The van der Waals surface area contributed by atoms with E-state index >= 15 is 0 Å². The van der Waals surface area contributed by atoms with Crippen LogP contribution in [-0.4, -0.2) is 22.8 Å². The van der Waals surface area contributed by atoms with E-state index in [1.807, 2.05) is 12.1 Å². The molecule has 0 aliphatic carbocycles. The van der Waals surface area contributed by atoms with Crippen molar-refractivity contribution in [1.29, 1.82) is 0 Å². The number of carbonyl (C=O) groups excluding carboxylic acids is 1. The van der Waals surface area contributed by atoms with Crippen molar-refractivity contribution in [2.24, 2.45) is 0 Å². The second kappa shape index (κ2) is 6.00. The topological polar surface area (TPSA) is 75.4 Å². The van der Waals surface area contributed by atoms with Crippen LogP contribution in [0.5, 0.6) is 0 Å². The molecule has 0 radical (unpaired) electrons. The van der Waals surface area contributed by atoms with E-state index in [0.29, 0.717) is 6.54 Å². The van der Waals surface area contributed by atoms with Crippen molar-refractivity contribution in [3.05, 3.63) is 39.9 Å². The van der Waals surface area contributed by atoms with Gasteiger partial charge in [0, 0.05) is 10.9 Å². The van der Waals surface area contributed by atoms with E-state index in [1.54, 1.807) is 0 Å². The number of aliphatic hydroxyl groups is 1. The maximum Gasteiger partial charge on any atom is 0.273 e. The molecule has 6 heteroatoms. The van der Waals surface area contributed by atoms with Crippen LogP contribution in [0.1, 0.15) is 20.2 Å². The molecule has 0 aliphatic rings. The minimum absolute atomic E-state index is 0.157. The molecule has 0 fully saturated rings. The molecular weight excluding hydrogens is 252 g/mol. The lowest BCUT2D eigenvalue weighted by Gasteiger charge is -1.99. The van der Waals surface area contributed by atoms with Gasteiger partial charge in [0.25, 0.3) is 5.91 Å². The van der Waals surface area contributed by atoms with Gasteiger partial charge in [-0.05, 0) is 12.1 Å². The van der Waals surface area contributed by atoms with Crippen LogP contribution in [0, 0.1) is 11.8 Å². The highest BCUT2D eigenvalue weighted by molar-refractivity contribution is 7.12. The van der Waals surface area contributed by atoms with Gasteiger partial charge in [-0.1, -0.05) is 17.0 Å². The summed E-state index contributed by atoms with van der Waals surface area (Å²) in [6, 6.07) is 5.24. The average molecular weight is 262 g/mol. The van der Waals surface area contributed by atoms with E-state index in [1.165, 1.54) is 23.7 Å². The Morgan fingerprint density at radius 3 is 3.11 bits per heavy atom. The maximum absolute atomic E-state index is 11.6. The predicted octanol–water partition coefficient (Wildman–Crippen LogP) is 1.01. The minimum atomic E-state index is -0.278. The van der Waals surface area contributed by atoms with E-state index in [9.17, 15) is 4.79 Å². The first kappa shape index (κ1) is 12.4. The summed E-state index contributed by atoms with van der Waals surface area (Å²) < 4.78 is 4.59. The molecule has 0 bridgehead atoms. The van der Waals surface area contributed by atoms with Crippen LogP contribution in [0.15, 0.2) is 29.0 Å². The largest absolute Gasteiger partial charge is 0.384 e. The van der Waals surface area contributed by atoms with Gasteiger partial charge >= 0.3 is 0 Å². The predicted molar refractivity (Wildman–Crippen MR) is 66.0 cm³/mol. The van der Waals surface area contributed by atoms with Gasteiger partial charge in [-0.3, -0.25) is 4.79 Å². The maximum atomic E-state index is 11.6. The Labute approximate surface area is 107 Å². The molecule has 18 heavy (non-hydrogen) atoms. The van der Waals surface area contributed by atoms with E-state index in [4.69, 9.17) is 5.11 Å². The zero-order valence-electron chi connectivity index (χ0n) is 9.34. The third kappa shape index (κ3) is 3.20. The number of nitrogens with one attached hydrogen (secondary N) is 1. The number of rotatable bonds is 3. The average Bonchev–Trinajstić information content (AvgIpc) is 3.04.